The molecular weight excluding hydrogens is 356 g/mol. The molecule has 2 heterocycles. The average molecular weight is 380 g/mol. The van der Waals surface area contributed by atoms with Crippen molar-refractivity contribution in [3.05, 3.63) is 53.6 Å². The maximum absolute atomic E-state index is 12.8. The lowest BCUT2D eigenvalue weighted by Crippen LogP contribution is -2.44. The van der Waals surface area contributed by atoms with Crippen LogP contribution < -0.4 is 15.0 Å². The van der Waals surface area contributed by atoms with E-state index in [1.807, 2.05) is 31.2 Å². The Morgan fingerprint density at radius 1 is 1.21 bits per heavy atom. The molecule has 2 aromatic rings. The fourth-order valence-electron chi connectivity index (χ4n) is 3.53. The van der Waals surface area contributed by atoms with Gasteiger partial charge in [-0.2, -0.15) is 0 Å². The zero-order chi connectivity index (χ0) is 19.7. The molecular formula is C22H24N2O4. The van der Waals surface area contributed by atoms with Crippen LogP contribution in [0.15, 0.2) is 42.5 Å². The number of hydrogen-bond donors (Lipinski definition) is 1. The quantitative estimate of drug-likeness (QED) is 0.882. The number of rotatable bonds is 4. The molecule has 0 spiro atoms. The van der Waals surface area contributed by atoms with Crippen molar-refractivity contribution in [2.75, 3.05) is 16.8 Å². The van der Waals surface area contributed by atoms with E-state index in [1.165, 1.54) is 5.56 Å². The van der Waals surface area contributed by atoms with Gasteiger partial charge in [-0.3, -0.25) is 9.59 Å². The van der Waals surface area contributed by atoms with Crippen LogP contribution in [-0.4, -0.2) is 30.6 Å². The Kier molecular flexibility index (Phi) is 5.05. The topological polar surface area (TPSA) is 67.9 Å². The molecule has 1 saturated heterocycles. The molecule has 6 nitrogen and oxygen atoms in total. The minimum absolute atomic E-state index is 0.101. The van der Waals surface area contributed by atoms with E-state index in [0.29, 0.717) is 30.3 Å². The van der Waals surface area contributed by atoms with E-state index >= 15 is 0 Å². The van der Waals surface area contributed by atoms with E-state index in [1.54, 1.807) is 30.0 Å². The van der Waals surface area contributed by atoms with E-state index in [-0.39, 0.29) is 11.8 Å². The van der Waals surface area contributed by atoms with Gasteiger partial charge in [0.15, 0.2) is 6.10 Å². The van der Waals surface area contributed by atoms with Crippen molar-refractivity contribution in [3.8, 4) is 5.75 Å². The predicted molar refractivity (Wildman–Crippen MR) is 107 cm³/mol. The molecule has 2 aromatic carbocycles. The molecule has 0 aliphatic carbocycles. The van der Waals surface area contributed by atoms with E-state index in [9.17, 15) is 9.59 Å². The van der Waals surface area contributed by atoms with E-state index in [4.69, 9.17) is 9.47 Å². The lowest BCUT2D eigenvalue weighted by Gasteiger charge is -2.33. The number of anilines is 2. The van der Waals surface area contributed by atoms with Crippen LogP contribution in [0.1, 0.15) is 30.9 Å². The molecule has 28 heavy (non-hydrogen) atoms. The zero-order valence-electron chi connectivity index (χ0n) is 16.1. The fraction of sp³-hybridized carbons (Fsp3) is 0.364. The highest BCUT2D eigenvalue weighted by atomic mass is 16.5. The standard InChI is InChI=1S/C22H24N2O4/c1-14-5-7-16(8-6-14)13-24-18-12-17(23-21(25)20-4-3-11-27-20)9-10-19(18)28-15(2)22(24)26/h5-10,12,15,20H,3-4,11,13H2,1-2H3,(H,23,25). The molecule has 0 bridgehead atoms. The minimum Gasteiger partial charge on any atom is -0.479 e. The molecule has 0 aromatic heterocycles. The van der Waals surface area contributed by atoms with Crippen LogP contribution in [0, 0.1) is 6.92 Å². The third-order valence-electron chi connectivity index (χ3n) is 5.12. The number of nitrogens with zero attached hydrogens (tertiary/aromatic N) is 1. The van der Waals surface area contributed by atoms with Gasteiger partial charge in [0, 0.05) is 12.3 Å². The molecule has 4 rings (SSSR count). The van der Waals surface area contributed by atoms with Crippen LogP contribution in [0.2, 0.25) is 0 Å². The highest BCUT2D eigenvalue weighted by Crippen LogP contribution is 2.37. The van der Waals surface area contributed by atoms with Crippen LogP contribution in [0.25, 0.3) is 0 Å². The van der Waals surface area contributed by atoms with Crippen molar-refractivity contribution < 1.29 is 19.1 Å². The van der Waals surface area contributed by atoms with Gasteiger partial charge in [-0.25, -0.2) is 0 Å². The summed E-state index contributed by atoms with van der Waals surface area (Å²) in [6.45, 7) is 4.85. The summed E-state index contributed by atoms with van der Waals surface area (Å²) in [7, 11) is 0. The van der Waals surface area contributed by atoms with Crippen LogP contribution in [0.3, 0.4) is 0 Å². The second kappa shape index (κ2) is 7.64. The third-order valence-corrected chi connectivity index (χ3v) is 5.12. The maximum Gasteiger partial charge on any atom is 0.268 e. The van der Waals surface area contributed by atoms with Crippen molar-refractivity contribution in [3.63, 3.8) is 0 Å². The second-order valence-corrected chi connectivity index (χ2v) is 7.34. The minimum atomic E-state index is -0.551. The number of benzene rings is 2. The fourth-order valence-corrected chi connectivity index (χ4v) is 3.53. The van der Waals surface area contributed by atoms with Gasteiger partial charge in [0.1, 0.15) is 11.9 Å². The molecule has 2 atom stereocenters. The van der Waals surface area contributed by atoms with Gasteiger partial charge in [-0.05, 0) is 50.5 Å². The maximum atomic E-state index is 12.8. The number of hydrogen-bond acceptors (Lipinski definition) is 4. The molecule has 0 radical (unpaired) electrons. The first-order valence-corrected chi connectivity index (χ1v) is 9.61. The van der Waals surface area contributed by atoms with Gasteiger partial charge < -0.3 is 19.7 Å². The van der Waals surface area contributed by atoms with Crippen molar-refractivity contribution in [1.82, 2.24) is 0 Å². The number of fused-ring (bicyclic) bond motifs is 1. The van der Waals surface area contributed by atoms with E-state index < -0.39 is 12.2 Å². The molecule has 2 aliphatic rings. The largest absolute Gasteiger partial charge is 0.479 e. The van der Waals surface area contributed by atoms with Gasteiger partial charge in [-0.15, -0.1) is 0 Å². The Balaban J connectivity index is 1.60. The van der Waals surface area contributed by atoms with Gasteiger partial charge >= 0.3 is 0 Å². The van der Waals surface area contributed by atoms with Crippen molar-refractivity contribution >= 4 is 23.2 Å². The molecule has 1 N–H and O–H groups in total. The second-order valence-electron chi connectivity index (χ2n) is 7.34. The number of carbonyl (C=O) groups excluding carboxylic acids is 2. The molecule has 2 aliphatic heterocycles. The lowest BCUT2D eigenvalue weighted by atomic mass is 10.1. The normalized spacial score (nSPS) is 21.2. The Labute approximate surface area is 164 Å². The molecule has 0 saturated carbocycles. The third kappa shape index (κ3) is 3.73. The van der Waals surface area contributed by atoms with Gasteiger partial charge in [0.25, 0.3) is 11.8 Å². The van der Waals surface area contributed by atoms with Gasteiger partial charge in [0.05, 0.1) is 12.2 Å². The number of amides is 2. The Morgan fingerprint density at radius 2 is 2.00 bits per heavy atom. The number of ether oxygens (including phenoxy) is 2. The Hall–Kier alpha value is -2.86. The monoisotopic (exact) mass is 380 g/mol. The number of aryl methyl sites for hydroxylation is 1. The molecule has 146 valence electrons. The van der Waals surface area contributed by atoms with Crippen LogP contribution in [0.4, 0.5) is 11.4 Å². The highest BCUT2D eigenvalue weighted by Gasteiger charge is 2.32. The summed E-state index contributed by atoms with van der Waals surface area (Å²) < 4.78 is 11.2. The summed E-state index contributed by atoms with van der Waals surface area (Å²) in [4.78, 5) is 26.9. The van der Waals surface area contributed by atoms with Gasteiger partial charge in [-0.1, -0.05) is 29.8 Å². The highest BCUT2D eigenvalue weighted by molar-refractivity contribution is 6.01. The van der Waals surface area contributed by atoms with Crippen molar-refractivity contribution in [2.45, 2.75) is 45.4 Å². The Morgan fingerprint density at radius 3 is 2.71 bits per heavy atom. The van der Waals surface area contributed by atoms with Crippen molar-refractivity contribution in [1.29, 1.82) is 0 Å². The molecule has 2 unspecified atom stereocenters. The smallest absolute Gasteiger partial charge is 0.268 e. The SMILES string of the molecule is Cc1ccc(CN2C(=O)C(C)Oc3ccc(NC(=O)C4CCCO4)cc32)cc1. The van der Waals surface area contributed by atoms with Crippen LogP contribution in [-0.2, 0) is 20.9 Å². The first-order chi connectivity index (χ1) is 13.5. The molecule has 1 fully saturated rings. The molecule has 6 heteroatoms. The summed E-state index contributed by atoms with van der Waals surface area (Å²) in [6, 6.07) is 13.5. The van der Waals surface area contributed by atoms with Crippen LogP contribution in [0.5, 0.6) is 5.75 Å². The first-order valence-electron chi connectivity index (χ1n) is 9.61. The first kappa shape index (κ1) is 18.5. The number of carbonyl (C=O) groups is 2. The average Bonchev–Trinajstić information content (AvgIpc) is 3.22. The Bertz CT molecular complexity index is 888. The number of nitrogens with one attached hydrogen (secondary N) is 1. The van der Waals surface area contributed by atoms with E-state index in [2.05, 4.69) is 5.32 Å². The van der Waals surface area contributed by atoms with Crippen LogP contribution >= 0.6 is 0 Å². The summed E-state index contributed by atoms with van der Waals surface area (Å²) >= 11 is 0. The lowest BCUT2D eigenvalue weighted by molar-refractivity contribution is -0.125. The van der Waals surface area contributed by atoms with Gasteiger partial charge in [0.2, 0.25) is 0 Å². The van der Waals surface area contributed by atoms with E-state index in [0.717, 1.165) is 18.4 Å². The molecule has 2 amide bonds. The zero-order valence-corrected chi connectivity index (χ0v) is 16.1. The summed E-state index contributed by atoms with van der Waals surface area (Å²) in [6.07, 6.45) is 0.672. The summed E-state index contributed by atoms with van der Waals surface area (Å²) in [5.74, 6) is 0.379. The predicted octanol–water partition coefficient (Wildman–Crippen LogP) is 3.43. The summed E-state index contributed by atoms with van der Waals surface area (Å²) in [5, 5.41) is 2.89. The summed E-state index contributed by atoms with van der Waals surface area (Å²) in [5.41, 5.74) is 3.49. The van der Waals surface area contributed by atoms with Crippen molar-refractivity contribution in [2.24, 2.45) is 0 Å².